The summed E-state index contributed by atoms with van der Waals surface area (Å²) < 4.78 is 31.4. The number of aliphatic hydroxyl groups excluding tert-OH is 1. The molecular weight excluding hydrogens is 284 g/mol. The van der Waals surface area contributed by atoms with Crippen LogP contribution in [0.5, 0.6) is 0 Å². The van der Waals surface area contributed by atoms with Crippen LogP contribution in [-0.2, 0) is 14.9 Å². The summed E-state index contributed by atoms with van der Waals surface area (Å²) in [4.78, 5) is 13.9. The Morgan fingerprint density at radius 2 is 2.00 bits per heavy atom. The van der Waals surface area contributed by atoms with Crippen molar-refractivity contribution in [2.45, 2.75) is 6.10 Å². The number of nitrogens with one attached hydrogen (secondary N) is 1. The van der Waals surface area contributed by atoms with Gasteiger partial charge in [0.05, 0.1) is 42.1 Å². The van der Waals surface area contributed by atoms with Gasteiger partial charge in [0.1, 0.15) is 18.5 Å². The highest BCUT2D eigenvalue weighted by atomic mass is 35.5. The van der Waals surface area contributed by atoms with Gasteiger partial charge in [-0.15, -0.1) is 11.6 Å². The highest BCUT2D eigenvalue weighted by Crippen LogP contribution is 1.94. The zero-order valence-corrected chi connectivity index (χ0v) is 11.4. The molecule has 1 rings (SSSR count). The van der Waals surface area contributed by atoms with Crippen molar-refractivity contribution in [3.63, 3.8) is 0 Å². The maximum atomic E-state index is 11.3. The van der Waals surface area contributed by atoms with E-state index in [1.807, 2.05) is 0 Å². The number of rotatable bonds is 5. The molecule has 1 amide bonds. The maximum absolute atomic E-state index is 11.3. The van der Waals surface area contributed by atoms with Crippen molar-refractivity contribution in [2.24, 2.45) is 0 Å². The van der Waals surface area contributed by atoms with Crippen LogP contribution in [0.1, 0.15) is 0 Å². The molecule has 0 aromatic rings. The lowest BCUT2D eigenvalue weighted by Gasteiger charge is -2.32. The molecule has 7 nitrogen and oxygen atoms in total. The molecule has 0 aromatic heterocycles. The lowest BCUT2D eigenvalue weighted by Crippen LogP contribution is -3.16. The number of carbonyl (C=O) groups is 1. The van der Waals surface area contributed by atoms with Crippen molar-refractivity contribution in [2.75, 3.05) is 44.4 Å². The quantitative estimate of drug-likeness (QED) is 0.413. The number of aliphatic hydroxyl groups is 1. The number of carbonyl (C=O) groups excluding carboxylic acids is 1. The third kappa shape index (κ3) is 5.49. The third-order valence-electron chi connectivity index (χ3n) is 2.86. The van der Waals surface area contributed by atoms with Gasteiger partial charge in [0.2, 0.25) is 5.91 Å². The Hall–Kier alpha value is -0.410. The van der Waals surface area contributed by atoms with Crippen LogP contribution in [0.3, 0.4) is 0 Å². The van der Waals surface area contributed by atoms with Crippen molar-refractivity contribution < 1.29 is 27.8 Å². The number of amides is 1. The van der Waals surface area contributed by atoms with Gasteiger partial charge in [0.15, 0.2) is 0 Å². The number of halogens is 1. The first-order valence-corrected chi connectivity index (χ1v) is 7.72. The Kier molecular flexibility index (Phi) is 5.80. The van der Waals surface area contributed by atoms with E-state index in [9.17, 15) is 22.9 Å². The lowest BCUT2D eigenvalue weighted by atomic mass is 10.3. The topological polar surface area (TPSA) is 102 Å². The molecule has 0 unspecified atom stereocenters. The first-order valence-electron chi connectivity index (χ1n) is 5.61. The summed E-state index contributed by atoms with van der Waals surface area (Å²) in [7, 11) is -4.40. The van der Waals surface area contributed by atoms with Gasteiger partial charge in [-0.1, -0.05) is 0 Å². The summed E-state index contributed by atoms with van der Waals surface area (Å²) in [6, 6.07) is 0. The van der Waals surface area contributed by atoms with Gasteiger partial charge in [-0.3, -0.25) is 4.79 Å². The second-order valence-electron chi connectivity index (χ2n) is 4.35. The molecule has 0 aliphatic carbocycles. The summed E-state index contributed by atoms with van der Waals surface area (Å²) in [6.07, 6.45) is -1.15. The maximum Gasteiger partial charge on any atom is 0.237 e. The predicted octanol–water partition coefficient (Wildman–Crippen LogP) is -3.14. The summed E-state index contributed by atoms with van der Waals surface area (Å²) >= 11 is 5.44. The fourth-order valence-electron chi connectivity index (χ4n) is 1.99. The molecule has 2 N–H and O–H groups in total. The third-order valence-corrected chi connectivity index (χ3v) is 3.88. The van der Waals surface area contributed by atoms with E-state index in [2.05, 4.69) is 0 Å². The van der Waals surface area contributed by atoms with E-state index in [4.69, 9.17) is 11.6 Å². The normalized spacial score (nSPS) is 19.8. The molecule has 1 atom stereocenters. The molecule has 1 fully saturated rings. The highest BCUT2D eigenvalue weighted by molar-refractivity contribution is 7.85. The van der Waals surface area contributed by atoms with Gasteiger partial charge in [-0.25, -0.2) is 8.42 Å². The minimum absolute atomic E-state index is 0.0492. The van der Waals surface area contributed by atoms with Crippen molar-refractivity contribution in [3.8, 4) is 0 Å². The summed E-state index contributed by atoms with van der Waals surface area (Å²) in [5.74, 6) is -0.939. The van der Waals surface area contributed by atoms with Crippen LogP contribution in [0.25, 0.3) is 0 Å². The van der Waals surface area contributed by atoms with E-state index in [1.54, 1.807) is 4.90 Å². The van der Waals surface area contributed by atoms with Gasteiger partial charge >= 0.3 is 0 Å². The molecule has 9 heteroatoms. The van der Waals surface area contributed by atoms with Crippen molar-refractivity contribution in [1.82, 2.24) is 4.90 Å². The SMILES string of the molecule is O=C(CCl)N1CC[NH+](C[C@@H](O)CS(=O)(=O)[O-])CC1. The van der Waals surface area contributed by atoms with Crippen molar-refractivity contribution in [1.29, 1.82) is 0 Å². The Balaban J connectivity index is 2.33. The van der Waals surface area contributed by atoms with Gasteiger partial charge in [0, 0.05) is 0 Å². The molecule has 18 heavy (non-hydrogen) atoms. The first kappa shape index (κ1) is 15.6. The second kappa shape index (κ2) is 6.67. The zero-order valence-electron chi connectivity index (χ0n) is 9.84. The smallest absolute Gasteiger partial charge is 0.237 e. The first-order chi connectivity index (χ1) is 8.31. The van der Waals surface area contributed by atoms with Crippen LogP contribution in [-0.4, -0.2) is 79.3 Å². The number of alkyl halides is 1. The van der Waals surface area contributed by atoms with Crippen LogP contribution in [0.15, 0.2) is 0 Å². The molecule has 0 saturated carbocycles. The molecule has 0 spiro atoms. The predicted molar refractivity (Wildman–Crippen MR) is 63.4 cm³/mol. The fourth-order valence-corrected chi connectivity index (χ4v) is 2.75. The highest BCUT2D eigenvalue weighted by Gasteiger charge is 2.25. The number of hydrogen-bond acceptors (Lipinski definition) is 5. The Labute approximate surface area is 111 Å². The Morgan fingerprint density at radius 1 is 1.44 bits per heavy atom. The van der Waals surface area contributed by atoms with Crippen LogP contribution in [0.4, 0.5) is 0 Å². The average Bonchev–Trinajstić information content (AvgIpc) is 2.26. The van der Waals surface area contributed by atoms with Gasteiger partial charge < -0.3 is 19.5 Å². The molecule has 0 bridgehead atoms. The van der Waals surface area contributed by atoms with E-state index in [0.29, 0.717) is 26.2 Å². The van der Waals surface area contributed by atoms with Crippen molar-refractivity contribution >= 4 is 27.6 Å². The Bertz CT molecular complexity index is 380. The summed E-state index contributed by atoms with van der Waals surface area (Å²) in [5.41, 5.74) is 0. The van der Waals surface area contributed by atoms with Gasteiger partial charge in [-0.2, -0.15) is 0 Å². The largest absolute Gasteiger partial charge is 0.748 e. The second-order valence-corrected chi connectivity index (χ2v) is 6.06. The molecule has 0 aromatic carbocycles. The molecule has 106 valence electrons. The average molecular weight is 301 g/mol. The van der Waals surface area contributed by atoms with Crippen LogP contribution < -0.4 is 4.90 Å². The minimum atomic E-state index is -4.40. The fraction of sp³-hybridized carbons (Fsp3) is 0.889. The minimum Gasteiger partial charge on any atom is -0.748 e. The molecule has 1 heterocycles. The number of piperazine rings is 1. The van der Waals surface area contributed by atoms with E-state index >= 15 is 0 Å². The summed E-state index contributed by atoms with van der Waals surface area (Å²) in [5, 5.41) is 9.46. The van der Waals surface area contributed by atoms with E-state index in [1.165, 1.54) is 0 Å². The van der Waals surface area contributed by atoms with Crippen LogP contribution in [0.2, 0.25) is 0 Å². The molecule has 1 saturated heterocycles. The molecule has 1 aliphatic heterocycles. The van der Waals surface area contributed by atoms with Gasteiger partial charge in [-0.05, 0) is 0 Å². The molecular formula is C9H17ClN2O5S. The van der Waals surface area contributed by atoms with Crippen LogP contribution >= 0.6 is 11.6 Å². The van der Waals surface area contributed by atoms with Crippen LogP contribution in [0, 0.1) is 0 Å². The number of nitrogens with zero attached hydrogens (tertiary/aromatic N) is 1. The van der Waals surface area contributed by atoms with E-state index in [0.717, 1.165) is 4.90 Å². The molecule has 0 radical (unpaired) electrons. The number of hydrogen-bond donors (Lipinski definition) is 2. The Morgan fingerprint density at radius 3 is 2.44 bits per heavy atom. The zero-order chi connectivity index (χ0) is 13.8. The number of quaternary nitrogens is 1. The lowest BCUT2D eigenvalue weighted by molar-refractivity contribution is -0.906. The van der Waals surface area contributed by atoms with E-state index < -0.39 is 22.0 Å². The molecule has 1 aliphatic rings. The van der Waals surface area contributed by atoms with Crippen molar-refractivity contribution in [3.05, 3.63) is 0 Å². The monoisotopic (exact) mass is 300 g/mol. The summed E-state index contributed by atoms with van der Waals surface area (Å²) in [6.45, 7) is 2.47. The van der Waals surface area contributed by atoms with Gasteiger partial charge in [0.25, 0.3) is 0 Å². The standard InChI is InChI=1S/C9H17ClN2O5S/c10-5-9(14)12-3-1-11(2-4-12)6-8(13)7-18(15,16)17/h8,13H,1-7H2,(H,15,16,17)/t8-/m1/s1. The van der Waals surface area contributed by atoms with E-state index in [-0.39, 0.29) is 18.3 Å².